The number of aryl methyl sites for hydroxylation is 1. The van der Waals surface area contributed by atoms with E-state index in [1.807, 2.05) is 6.92 Å². The number of carbonyl (C=O) groups excluding carboxylic acids is 1. The number of nitrogens with two attached hydrogens (primary N) is 1. The number of nitrogens with zero attached hydrogens (tertiary/aromatic N) is 2. The first-order valence-corrected chi connectivity index (χ1v) is 7.12. The predicted molar refractivity (Wildman–Crippen MR) is 85.4 cm³/mol. The molecular weight excluding hydrogens is 338 g/mol. The largest absolute Gasteiger partial charge is 0.479 e. The minimum absolute atomic E-state index is 0.164. The molecule has 0 bridgehead atoms. The van der Waals surface area contributed by atoms with E-state index < -0.39 is 5.97 Å². The smallest absolute Gasteiger partial charge is 0.344 e. The third-order valence-electron chi connectivity index (χ3n) is 2.51. The lowest BCUT2D eigenvalue weighted by Gasteiger charge is -2.11. The number of aromatic nitrogens is 1. The van der Waals surface area contributed by atoms with Crippen molar-refractivity contribution in [2.45, 2.75) is 13.8 Å². The van der Waals surface area contributed by atoms with E-state index in [2.05, 4.69) is 25.9 Å². The molecule has 0 unspecified atom stereocenters. The predicted octanol–water partition coefficient (Wildman–Crippen LogP) is 2.09. The van der Waals surface area contributed by atoms with Crippen LogP contribution < -0.4 is 10.5 Å². The maximum Gasteiger partial charge on any atom is 0.344 e. The summed E-state index contributed by atoms with van der Waals surface area (Å²) in [6.45, 7) is 3.77. The quantitative estimate of drug-likeness (QED) is 0.479. The van der Waals surface area contributed by atoms with Gasteiger partial charge in [-0.25, -0.2) is 9.78 Å². The molecule has 0 spiro atoms. The Morgan fingerprint density at radius 1 is 1.57 bits per heavy atom. The summed E-state index contributed by atoms with van der Waals surface area (Å²) in [5, 5.41) is 0. The molecule has 2 N–H and O–H groups in total. The number of hydrogen-bond acceptors (Lipinski definition) is 6. The average molecular weight is 356 g/mol. The van der Waals surface area contributed by atoms with Crippen LogP contribution in [-0.2, 0) is 9.53 Å². The van der Waals surface area contributed by atoms with Gasteiger partial charge in [-0.2, -0.15) is 0 Å². The number of carbonyl (C=O) groups is 1. The van der Waals surface area contributed by atoms with Crippen LogP contribution in [0.4, 0.5) is 0 Å². The Morgan fingerprint density at radius 3 is 2.86 bits per heavy atom. The van der Waals surface area contributed by atoms with E-state index in [1.165, 1.54) is 6.20 Å². The number of allylic oxidation sites excluding steroid dienone is 1. The Bertz CT molecular complexity index is 571. The van der Waals surface area contributed by atoms with Crippen molar-refractivity contribution >= 4 is 33.7 Å². The SMILES string of the molecule is CCOC(=O)COc1cc(C)c(/C(C=NC)=C/N)nc1Br. The average Bonchev–Trinajstić information content (AvgIpc) is 2.46. The van der Waals surface area contributed by atoms with E-state index in [4.69, 9.17) is 15.2 Å². The lowest BCUT2D eigenvalue weighted by Crippen LogP contribution is -2.15. The first-order valence-electron chi connectivity index (χ1n) is 6.33. The van der Waals surface area contributed by atoms with Gasteiger partial charge in [0, 0.05) is 25.0 Å². The van der Waals surface area contributed by atoms with Crippen LogP contribution in [0.2, 0.25) is 0 Å². The number of ether oxygens (including phenoxy) is 2. The summed E-state index contributed by atoms with van der Waals surface area (Å²) < 4.78 is 10.7. The van der Waals surface area contributed by atoms with Crippen molar-refractivity contribution in [1.29, 1.82) is 0 Å². The van der Waals surface area contributed by atoms with Gasteiger partial charge in [0.1, 0.15) is 4.60 Å². The van der Waals surface area contributed by atoms with Gasteiger partial charge in [-0.05, 0) is 41.4 Å². The van der Waals surface area contributed by atoms with E-state index in [9.17, 15) is 4.79 Å². The monoisotopic (exact) mass is 355 g/mol. The van der Waals surface area contributed by atoms with Gasteiger partial charge in [0.05, 0.1) is 12.3 Å². The van der Waals surface area contributed by atoms with Crippen LogP contribution in [0.15, 0.2) is 21.9 Å². The molecule has 0 atom stereocenters. The molecule has 1 heterocycles. The van der Waals surface area contributed by atoms with Gasteiger partial charge in [-0.3, -0.25) is 4.99 Å². The van der Waals surface area contributed by atoms with Crippen LogP contribution in [0.25, 0.3) is 5.57 Å². The Balaban J connectivity index is 2.97. The summed E-state index contributed by atoms with van der Waals surface area (Å²) in [6, 6.07) is 1.78. The zero-order valence-electron chi connectivity index (χ0n) is 12.2. The molecule has 0 saturated heterocycles. The van der Waals surface area contributed by atoms with Crippen LogP contribution in [-0.4, -0.2) is 37.4 Å². The zero-order valence-corrected chi connectivity index (χ0v) is 13.8. The highest BCUT2D eigenvalue weighted by Gasteiger charge is 2.12. The molecule has 0 radical (unpaired) electrons. The van der Waals surface area contributed by atoms with E-state index >= 15 is 0 Å². The molecule has 0 aromatic carbocycles. The Kier molecular flexibility index (Phi) is 6.87. The van der Waals surface area contributed by atoms with Gasteiger partial charge >= 0.3 is 5.97 Å². The Morgan fingerprint density at radius 2 is 2.29 bits per heavy atom. The van der Waals surface area contributed by atoms with Crippen molar-refractivity contribution < 1.29 is 14.3 Å². The number of rotatable bonds is 6. The minimum atomic E-state index is -0.424. The van der Waals surface area contributed by atoms with Gasteiger partial charge in [0.15, 0.2) is 12.4 Å². The number of aliphatic imine (C=N–C) groups is 1. The van der Waals surface area contributed by atoms with E-state index in [1.54, 1.807) is 26.3 Å². The molecule has 0 aliphatic carbocycles. The van der Waals surface area contributed by atoms with Crippen molar-refractivity contribution in [3.05, 3.63) is 28.1 Å². The lowest BCUT2D eigenvalue weighted by atomic mass is 10.1. The highest BCUT2D eigenvalue weighted by molar-refractivity contribution is 9.10. The van der Waals surface area contributed by atoms with Gasteiger partial charge in [0.25, 0.3) is 0 Å². The summed E-state index contributed by atoms with van der Waals surface area (Å²) in [5.41, 5.74) is 7.83. The van der Waals surface area contributed by atoms with Crippen LogP contribution in [0.3, 0.4) is 0 Å². The van der Waals surface area contributed by atoms with E-state index in [0.717, 1.165) is 5.56 Å². The molecule has 0 aliphatic rings. The van der Waals surface area contributed by atoms with Crippen molar-refractivity contribution in [3.63, 3.8) is 0 Å². The summed E-state index contributed by atoms with van der Waals surface area (Å²) in [6.07, 6.45) is 3.06. The van der Waals surface area contributed by atoms with Crippen LogP contribution >= 0.6 is 15.9 Å². The number of halogens is 1. The molecule has 0 amide bonds. The normalized spacial score (nSPS) is 11.7. The fraction of sp³-hybridized carbons (Fsp3) is 0.357. The summed E-state index contributed by atoms with van der Waals surface area (Å²) in [5.74, 6) is 0.0425. The maximum absolute atomic E-state index is 11.3. The third-order valence-corrected chi connectivity index (χ3v) is 3.07. The van der Waals surface area contributed by atoms with Crippen LogP contribution in [0, 0.1) is 6.92 Å². The first-order chi connectivity index (χ1) is 10.0. The van der Waals surface area contributed by atoms with E-state index in [-0.39, 0.29) is 6.61 Å². The topological polar surface area (TPSA) is 86.8 Å². The molecule has 1 aromatic rings. The third kappa shape index (κ3) is 4.86. The van der Waals surface area contributed by atoms with Gasteiger partial charge in [0.2, 0.25) is 0 Å². The summed E-state index contributed by atoms with van der Waals surface area (Å²) in [7, 11) is 1.66. The molecule has 6 nitrogen and oxygen atoms in total. The number of pyridine rings is 1. The second kappa shape index (κ2) is 8.41. The first kappa shape index (κ1) is 17.2. The van der Waals surface area contributed by atoms with Gasteiger partial charge in [-0.15, -0.1) is 0 Å². The summed E-state index contributed by atoms with van der Waals surface area (Å²) in [4.78, 5) is 19.6. The van der Waals surface area contributed by atoms with Crippen LogP contribution in [0.5, 0.6) is 5.75 Å². The van der Waals surface area contributed by atoms with Crippen molar-refractivity contribution in [2.75, 3.05) is 20.3 Å². The second-order valence-electron chi connectivity index (χ2n) is 4.05. The van der Waals surface area contributed by atoms with Crippen LogP contribution in [0.1, 0.15) is 18.2 Å². The van der Waals surface area contributed by atoms with Crippen molar-refractivity contribution in [3.8, 4) is 5.75 Å². The second-order valence-corrected chi connectivity index (χ2v) is 4.80. The number of hydrogen-bond donors (Lipinski definition) is 1. The molecule has 7 heteroatoms. The number of esters is 1. The molecule has 1 rings (SSSR count). The fourth-order valence-corrected chi connectivity index (χ4v) is 2.03. The standard InChI is InChI=1S/C14H18BrN3O3/c1-4-20-12(19)8-21-11-5-9(2)13(18-14(11)15)10(6-16)7-17-3/h5-7H,4,8,16H2,1-3H3/b10-6+,17-7?. The molecule has 114 valence electrons. The lowest BCUT2D eigenvalue weighted by molar-refractivity contribution is -0.145. The zero-order chi connectivity index (χ0) is 15.8. The molecule has 21 heavy (non-hydrogen) atoms. The molecule has 0 fully saturated rings. The van der Waals surface area contributed by atoms with E-state index in [0.29, 0.717) is 28.2 Å². The minimum Gasteiger partial charge on any atom is -0.479 e. The van der Waals surface area contributed by atoms with Gasteiger partial charge < -0.3 is 15.2 Å². The maximum atomic E-state index is 11.3. The molecular formula is C14H18BrN3O3. The Labute approximate surface area is 132 Å². The molecule has 1 aromatic heterocycles. The summed E-state index contributed by atoms with van der Waals surface area (Å²) >= 11 is 3.32. The van der Waals surface area contributed by atoms with Crippen molar-refractivity contribution in [2.24, 2.45) is 10.7 Å². The highest BCUT2D eigenvalue weighted by atomic mass is 79.9. The highest BCUT2D eigenvalue weighted by Crippen LogP contribution is 2.28. The molecule has 0 saturated carbocycles. The fourth-order valence-electron chi connectivity index (χ4n) is 1.62. The Hall–Kier alpha value is -1.89. The van der Waals surface area contributed by atoms with Gasteiger partial charge in [-0.1, -0.05) is 0 Å². The van der Waals surface area contributed by atoms with Crippen molar-refractivity contribution in [1.82, 2.24) is 4.98 Å². The molecule has 0 aliphatic heterocycles.